The Balaban J connectivity index is 2.23. The molecular weight excluding hydrogens is 218 g/mol. The molecule has 1 fully saturated rings. The molecule has 0 saturated carbocycles. The number of nitrogens with zero attached hydrogens (tertiary/aromatic N) is 3. The number of aliphatic hydroxyl groups excluding tert-OH is 1. The molecule has 1 aromatic rings. The van der Waals surface area contributed by atoms with E-state index in [4.69, 9.17) is 4.74 Å². The second kappa shape index (κ2) is 4.98. The number of aromatic nitrogens is 2. The quantitative estimate of drug-likeness (QED) is 0.819. The number of rotatable bonds is 2. The van der Waals surface area contributed by atoms with E-state index in [1.807, 2.05) is 20.8 Å². The van der Waals surface area contributed by atoms with E-state index in [0.29, 0.717) is 6.54 Å². The van der Waals surface area contributed by atoms with Gasteiger partial charge in [0.15, 0.2) is 5.82 Å². The van der Waals surface area contributed by atoms with Gasteiger partial charge in [0.05, 0.1) is 30.2 Å². The summed E-state index contributed by atoms with van der Waals surface area (Å²) >= 11 is 0. The van der Waals surface area contributed by atoms with Gasteiger partial charge in [-0.1, -0.05) is 0 Å². The Morgan fingerprint density at radius 1 is 1.47 bits per heavy atom. The monoisotopic (exact) mass is 237 g/mol. The van der Waals surface area contributed by atoms with Crippen molar-refractivity contribution >= 4 is 5.82 Å². The van der Waals surface area contributed by atoms with Gasteiger partial charge in [0.25, 0.3) is 0 Å². The van der Waals surface area contributed by atoms with Crippen molar-refractivity contribution in [2.75, 3.05) is 24.6 Å². The van der Waals surface area contributed by atoms with Crippen LogP contribution < -0.4 is 4.90 Å². The summed E-state index contributed by atoms with van der Waals surface area (Å²) in [5.41, 5.74) is 1.83. The highest BCUT2D eigenvalue weighted by molar-refractivity contribution is 5.44. The molecule has 5 heteroatoms. The molecule has 0 aromatic carbocycles. The van der Waals surface area contributed by atoms with Crippen LogP contribution in [-0.2, 0) is 4.74 Å². The van der Waals surface area contributed by atoms with Crippen LogP contribution in [0, 0.1) is 13.8 Å². The van der Waals surface area contributed by atoms with Crippen LogP contribution in [0.3, 0.4) is 0 Å². The fourth-order valence-corrected chi connectivity index (χ4v) is 2.14. The normalized spacial score (nSPS) is 25.1. The molecule has 0 radical (unpaired) electrons. The molecule has 94 valence electrons. The summed E-state index contributed by atoms with van der Waals surface area (Å²) < 4.78 is 5.62. The summed E-state index contributed by atoms with van der Waals surface area (Å²) in [7, 11) is 0. The number of aryl methyl sites for hydroxylation is 2. The van der Waals surface area contributed by atoms with E-state index in [1.54, 1.807) is 6.20 Å². The minimum atomic E-state index is -0.138. The summed E-state index contributed by atoms with van der Waals surface area (Å²) in [6.07, 6.45) is 1.73. The zero-order valence-corrected chi connectivity index (χ0v) is 10.6. The number of morpholine rings is 1. The molecule has 0 bridgehead atoms. The largest absolute Gasteiger partial charge is 0.394 e. The van der Waals surface area contributed by atoms with E-state index in [2.05, 4.69) is 14.9 Å². The minimum absolute atomic E-state index is 0.0408. The van der Waals surface area contributed by atoms with Crippen molar-refractivity contribution in [3.63, 3.8) is 0 Å². The summed E-state index contributed by atoms with van der Waals surface area (Å²) in [4.78, 5) is 11.0. The van der Waals surface area contributed by atoms with Gasteiger partial charge in [0, 0.05) is 19.3 Å². The van der Waals surface area contributed by atoms with Crippen molar-refractivity contribution in [3.8, 4) is 0 Å². The molecule has 2 rings (SSSR count). The first-order chi connectivity index (χ1) is 8.10. The molecular formula is C12H19N3O2. The molecule has 0 aliphatic carbocycles. The van der Waals surface area contributed by atoms with Crippen LogP contribution in [0.2, 0.25) is 0 Å². The summed E-state index contributed by atoms with van der Waals surface area (Å²) in [5, 5.41) is 9.21. The molecule has 0 spiro atoms. The number of ether oxygens (including phenoxy) is 1. The van der Waals surface area contributed by atoms with Crippen LogP contribution in [0.4, 0.5) is 5.82 Å². The SMILES string of the molecule is Cc1cnc(C)c(N2CC(C)OC(CO)C2)n1. The Labute approximate surface area is 101 Å². The maximum atomic E-state index is 9.21. The molecule has 2 unspecified atom stereocenters. The van der Waals surface area contributed by atoms with Gasteiger partial charge in [-0.15, -0.1) is 0 Å². The first-order valence-corrected chi connectivity index (χ1v) is 5.91. The number of hydrogen-bond acceptors (Lipinski definition) is 5. The maximum Gasteiger partial charge on any atom is 0.150 e. The van der Waals surface area contributed by atoms with Crippen molar-refractivity contribution in [2.24, 2.45) is 0 Å². The lowest BCUT2D eigenvalue weighted by atomic mass is 10.2. The third-order valence-corrected chi connectivity index (χ3v) is 2.88. The second-order valence-corrected chi connectivity index (χ2v) is 4.58. The van der Waals surface area contributed by atoms with E-state index in [1.165, 1.54) is 0 Å². The molecule has 1 N–H and O–H groups in total. The molecule has 17 heavy (non-hydrogen) atoms. The maximum absolute atomic E-state index is 9.21. The van der Waals surface area contributed by atoms with Gasteiger partial charge in [0.2, 0.25) is 0 Å². The molecule has 2 atom stereocenters. The van der Waals surface area contributed by atoms with Gasteiger partial charge in [-0.3, -0.25) is 4.98 Å². The summed E-state index contributed by atoms with van der Waals surface area (Å²) in [5.74, 6) is 0.901. The highest BCUT2D eigenvalue weighted by Gasteiger charge is 2.26. The number of hydrogen-bond donors (Lipinski definition) is 1. The lowest BCUT2D eigenvalue weighted by Crippen LogP contribution is -2.48. The van der Waals surface area contributed by atoms with E-state index in [0.717, 1.165) is 23.8 Å². The van der Waals surface area contributed by atoms with Crippen molar-refractivity contribution in [2.45, 2.75) is 33.0 Å². The fourth-order valence-electron chi connectivity index (χ4n) is 2.14. The Hall–Kier alpha value is -1.20. The Morgan fingerprint density at radius 3 is 2.94 bits per heavy atom. The first kappa shape index (κ1) is 12.3. The predicted octanol–water partition coefficient (Wildman–Crippen LogP) is 0.679. The van der Waals surface area contributed by atoms with Gasteiger partial charge < -0.3 is 14.7 Å². The predicted molar refractivity (Wildman–Crippen MR) is 65.1 cm³/mol. The van der Waals surface area contributed by atoms with Crippen LogP contribution >= 0.6 is 0 Å². The molecule has 5 nitrogen and oxygen atoms in total. The topological polar surface area (TPSA) is 58.5 Å². The van der Waals surface area contributed by atoms with Crippen LogP contribution in [0.1, 0.15) is 18.3 Å². The Kier molecular flexibility index (Phi) is 3.59. The summed E-state index contributed by atoms with van der Waals surface area (Å²) in [6, 6.07) is 0. The zero-order chi connectivity index (χ0) is 12.4. The van der Waals surface area contributed by atoms with Gasteiger partial charge >= 0.3 is 0 Å². The van der Waals surface area contributed by atoms with E-state index < -0.39 is 0 Å². The zero-order valence-electron chi connectivity index (χ0n) is 10.6. The summed E-state index contributed by atoms with van der Waals surface area (Å²) in [6.45, 7) is 7.39. The van der Waals surface area contributed by atoms with Crippen LogP contribution in [0.15, 0.2) is 6.20 Å². The third kappa shape index (κ3) is 2.73. The molecule has 2 heterocycles. The van der Waals surface area contributed by atoms with Crippen LogP contribution in [0.5, 0.6) is 0 Å². The molecule has 1 aromatic heterocycles. The number of aliphatic hydroxyl groups is 1. The average molecular weight is 237 g/mol. The van der Waals surface area contributed by atoms with Gasteiger partial charge in [0.1, 0.15) is 0 Å². The van der Waals surface area contributed by atoms with Crippen molar-refractivity contribution in [1.82, 2.24) is 9.97 Å². The van der Waals surface area contributed by atoms with Gasteiger partial charge in [-0.05, 0) is 20.8 Å². The lowest BCUT2D eigenvalue weighted by Gasteiger charge is -2.37. The van der Waals surface area contributed by atoms with Gasteiger partial charge in [-0.2, -0.15) is 0 Å². The average Bonchev–Trinajstić information content (AvgIpc) is 2.31. The number of anilines is 1. The van der Waals surface area contributed by atoms with Gasteiger partial charge in [-0.25, -0.2) is 4.98 Å². The van der Waals surface area contributed by atoms with E-state index in [-0.39, 0.29) is 18.8 Å². The Morgan fingerprint density at radius 2 is 2.24 bits per heavy atom. The van der Waals surface area contributed by atoms with Crippen molar-refractivity contribution in [1.29, 1.82) is 0 Å². The molecule has 0 amide bonds. The lowest BCUT2D eigenvalue weighted by molar-refractivity contribution is -0.0423. The van der Waals surface area contributed by atoms with E-state index in [9.17, 15) is 5.11 Å². The smallest absolute Gasteiger partial charge is 0.150 e. The molecule has 1 aliphatic rings. The van der Waals surface area contributed by atoms with Crippen molar-refractivity contribution in [3.05, 3.63) is 17.6 Å². The molecule has 1 saturated heterocycles. The Bertz CT molecular complexity index is 397. The van der Waals surface area contributed by atoms with Crippen LogP contribution in [-0.4, -0.2) is 47.0 Å². The minimum Gasteiger partial charge on any atom is -0.394 e. The highest BCUT2D eigenvalue weighted by atomic mass is 16.5. The second-order valence-electron chi connectivity index (χ2n) is 4.58. The molecule has 1 aliphatic heterocycles. The third-order valence-electron chi connectivity index (χ3n) is 2.88. The highest BCUT2D eigenvalue weighted by Crippen LogP contribution is 2.20. The fraction of sp³-hybridized carbons (Fsp3) is 0.667. The van der Waals surface area contributed by atoms with Crippen LogP contribution in [0.25, 0.3) is 0 Å². The standard InChI is InChI=1S/C12H19N3O2/c1-8-4-13-10(3)12(14-8)15-5-9(2)17-11(6-15)7-16/h4,9,11,16H,5-7H2,1-3H3. The first-order valence-electron chi connectivity index (χ1n) is 5.91. The van der Waals surface area contributed by atoms with Crippen molar-refractivity contribution < 1.29 is 9.84 Å². The van der Waals surface area contributed by atoms with E-state index >= 15 is 0 Å².